The Morgan fingerprint density at radius 1 is 1.21 bits per heavy atom. The summed E-state index contributed by atoms with van der Waals surface area (Å²) >= 11 is 1.48. The zero-order valence-corrected chi connectivity index (χ0v) is 16.7. The molecular formula is C21H17N5O2S. The number of aryl methyl sites for hydroxylation is 2. The largest absolute Gasteiger partial charge is 0.356 e. The fourth-order valence-electron chi connectivity index (χ4n) is 3.50. The summed E-state index contributed by atoms with van der Waals surface area (Å²) in [7, 11) is 0. The Morgan fingerprint density at radius 2 is 2.03 bits per heavy atom. The van der Waals surface area contributed by atoms with Crippen LogP contribution in [0.15, 0.2) is 52.4 Å². The molecule has 0 atom stereocenters. The van der Waals surface area contributed by atoms with E-state index in [1.54, 1.807) is 4.52 Å². The van der Waals surface area contributed by atoms with Crippen LogP contribution < -0.4 is 5.32 Å². The van der Waals surface area contributed by atoms with Gasteiger partial charge in [0, 0.05) is 16.3 Å². The molecular weight excluding hydrogens is 386 g/mol. The standard InChI is InChI=1S/C21H17N5O2S/c1-12-8-13(2)19-15(25-28-17(19)9-12)10-18(27)22-20-23-21-26(24-20)16(11-29-21)14-6-4-3-5-7-14/h3-9,11H,10H2,1-2H3,(H,22,24,27). The quantitative estimate of drug-likeness (QED) is 0.481. The SMILES string of the molecule is Cc1cc(C)c2c(CC(=O)Nc3nc4scc(-c5ccccc5)n4n3)noc2c1. The average Bonchev–Trinajstić information content (AvgIpc) is 3.37. The second kappa shape index (κ2) is 6.82. The minimum absolute atomic E-state index is 0.0926. The van der Waals surface area contributed by atoms with E-state index in [2.05, 4.69) is 26.6 Å². The van der Waals surface area contributed by atoms with Crippen LogP contribution in [0, 0.1) is 13.8 Å². The number of anilines is 1. The van der Waals surface area contributed by atoms with E-state index >= 15 is 0 Å². The van der Waals surface area contributed by atoms with Crippen molar-refractivity contribution in [1.82, 2.24) is 19.8 Å². The molecule has 29 heavy (non-hydrogen) atoms. The maximum absolute atomic E-state index is 12.6. The second-order valence-corrected chi connectivity index (χ2v) is 7.76. The van der Waals surface area contributed by atoms with Gasteiger partial charge in [0.05, 0.1) is 12.1 Å². The van der Waals surface area contributed by atoms with Gasteiger partial charge in [-0.2, -0.15) is 4.98 Å². The van der Waals surface area contributed by atoms with Gasteiger partial charge in [-0.25, -0.2) is 4.52 Å². The van der Waals surface area contributed by atoms with E-state index in [0.717, 1.165) is 32.7 Å². The molecule has 7 nitrogen and oxygen atoms in total. The predicted molar refractivity (Wildman–Crippen MR) is 112 cm³/mol. The molecule has 144 valence electrons. The van der Waals surface area contributed by atoms with Crippen molar-refractivity contribution in [1.29, 1.82) is 0 Å². The summed E-state index contributed by atoms with van der Waals surface area (Å²) in [6.07, 6.45) is 0.0926. The Balaban J connectivity index is 1.39. The topological polar surface area (TPSA) is 85.3 Å². The van der Waals surface area contributed by atoms with Gasteiger partial charge in [-0.15, -0.1) is 16.4 Å². The fourth-order valence-corrected chi connectivity index (χ4v) is 4.33. The maximum atomic E-state index is 12.6. The highest BCUT2D eigenvalue weighted by Crippen LogP contribution is 2.26. The van der Waals surface area contributed by atoms with Crippen LogP contribution in [0.4, 0.5) is 5.95 Å². The molecule has 1 amide bonds. The monoisotopic (exact) mass is 403 g/mol. The highest BCUT2D eigenvalue weighted by molar-refractivity contribution is 7.15. The molecule has 0 aliphatic carbocycles. The van der Waals surface area contributed by atoms with Crippen LogP contribution in [0.5, 0.6) is 0 Å². The number of nitrogens with one attached hydrogen (secondary N) is 1. The number of carbonyl (C=O) groups excluding carboxylic acids is 1. The zero-order valence-electron chi connectivity index (χ0n) is 15.8. The first-order valence-electron chi connectivity index (χ1n) is 9.13. The van der Waals surface area contributed by atoms with Crippen molar-refractivity contribution in [2.75, 3.05) is 5.32 Å². The van der Waals surface area contributed by atoms with Crippen LogP contribution in [-0.4, -0.2) is 25.7 Å². The summed E-state index contributed by atoms with van der Waals surface area (Å²) in [6, 6.07) is 13.9. The number of aromatic nitrogens is 4. The van der Waals surface area contributed by atoms with E-state index in [-0.39, 0.29) is 18.3 Å². The lowest BCUT2D eigenvalue weighted by Crippen LogP contribution is -2.16. The van der Waals surface area contributed by atoms with Gasteiger partial charge >= 0.3 is 0 Å². The third-order valence-corrected chi connectivity index (χ3v) is 5.53. The summed E-state index contributed by atoms with van der Waals surface area (Å²) in [5.41, 5.74) is 5.42. The van der Waals surface area contributed by atoms with E-state index < -0.39 is 0 Å². The fraction of sp³-hybridized carbons (Fsp3) is 0.143. The minimum Gasteiger partial charge on any atom is -0.356 e. The number of hydrogen-bond donors (Lipinski definition) is 1. The van der Waals surface area contributed by atoms with Gasteiger partial charge in [-0.1, -0.05) is 41.6 Å². The molecule has 0 spiro atoms. The van der Waals surface area contributed by atoms with Crippen molar-refractivity contribution in [3.05, 3.63) is 64.7 Å². The lowest BCUT2D eigenvalue weighted by atomic mass is 10.0. The Hall–Kier alpha value is -3.52. The van der Waals surface area contributed by atoms with Gasteiger partial charge in [-0.05, 0) is 31.0 Å². The molecule has 0 radical (unpaired) electrons. The number of benzene rings is 2. The minimum atomic E-state index is -0.236. The van der Waals surface area contributed by atoms with Crippen molar-refractivity contribution in [3.8, 4) is 11.3 Å². The maximum Gasteiger partial charge on any atom is 0.250 e. The van der Waals surface area contributed by atoms with E-state index in [4.69, 9.17) is 4.52 Å². The molecule has 0 aliphatic rings. The first kappa shape index (κ1) is 17.6. The summed E-state index contributed by atoms with van der Waals surface area (Å²) < 4.78 is 7.14. The van der Waals surface area contributed by atoms with Crippen LogP contribution in [0.1, 0.15) is 16.8 Å². The van der Waals surface area contributed by atoms with Gasteiger partial charge in [0.15, 0.2) is 5.58 Å². The van der Waals surface area contributed by atoms with Gasteiger partial charge < -0.3 is 4.52 Å². The van der Waals surface area contributed by atoms with E-state index in [1.807, 2.05) is 55.6 Å². The summed E-state index contributed by atoms with van der Waals surface area (Å²) in [5.74, 6) is 0.0408. The van der Waals surface area contributed by atoms with Crippen LogP contribution >= 0.6 is 11.3 Å². The summed E-state index contributed by atoms with van der Waals surface area (Å²) in [4.78, 5) is 17.7. The normalized spacial score (nSPS) is 11.4. The first-order chi connectivity index (χ1) is 14.1. The highest BCUT2D eigenvalue weighted by atomic mass is 32.1. The number of hydrogen-bond acceptors (Lipinski definition) is 6. The molecule has 0 bridgehead atoms. The van der Waals surface area contributed by atoms with Gasteiger partial charge in [0.25, 0.3) is 0 Å². The number of rotatable bonds is 4. The van der Waals surface area contributed by atoms with Crippen molar-refractivity contribution in [2.45, 2.75) is 20.3 Å². The average molecular weight is 403 g/mol. The molecule has 0 unspecified atom stereocenters. The third kappa shape index (κ3) is 3.17. The first-order valence-corrected chi connectivity index (χ1v) is 10.0. The van der Waals surface area contributed by atoms with Crippen LogP contribution in [0.25, 0.3) is 27.2 Å². The van der Waals surface area contributed by atoms with Gasteiger partial charge in [0.1, 0.15) is 5.69 Å². The Labute approximate surface area is 170 Å². The van der Waals surface area contributed by atoms with E-state index in [9.17, 15) is 4.79 Å². The summed E-state index contributed by atoms with van der Waals surface area (Å²) in [6.45, 7) is 3.99. The summed E-state index contributed by atoms with van der Waals surface area (Å²) in [5, 5.41) is 14.2. The lowest BCUT2D eigenvalue weighted by Gasteiger charge is -2.01. The molecule has 3 heterocycles. The number of fused-ring (bicyclic) bond motifs is 2. The molecule has 0 fully saturated rings. The Bertz CT molecular complexity index is 1350. The van der Waals surface area contributed by atoms with Gasteiger partial charge in [-0.3, -0.25) is 10.1 Å². The van der Waals surface area contributed by atoms with Crippen molar-refractivity contribution in [3.63, 3.8) is 0 Å². The number of nitrogens with zero attached hydrogens (tertiary/aromatic N) is 4. The molecule has 0 saturated heterocycles. The molecule has 2 aromatic carbocycles. The van der Waals surface area contributed by atoms with Crippen molar-refractivity contribution in [2.24, 2.45) is 0 Å². The molecule has 0 saturated carbocycles. The number of amides is 1. The van der Waals surface area contributed by atoms with Crippen LogP contribution in [-0.2, 0) is 11.2 Å². The van der Waals surface area contributed by atoms with Crippen LogP contribution in [0.3, 0.4) is 0 Å². The van der Waals surface area contributed by atoms with Crippen molar-refractivity contribution < 1.29 is 9.32 Å². The smallest absolute Gasteiger partial charge is 0.250 e. The van der Waals surface area contributed by atoms with Crippen LogP contribution in [0.2, 0.25) is 0 Å². The van der Waals surface area contributed by atoms with Crippen molar-refractivity contribution >= 4 is 39.1 Å². The highest BCUT2D eigenvalue weighted by Gasteiger charge is 2.17. The zero-order chi connectivity index (χ0) is 20.0. The Kier molecular flexibility index (Phi) is 4.13. The molecule has 3 aromatic heterocycles. The molecule has 5 aromatic rings. The molecule has 1 N–H and O–H groups in total. The number of thiazole rings is 1. The number of carbonyl (C=O) groups is 1. The molecule has 8 heteroatoms. The predicted octanol–water partition coefficient (Wildman–Crippen LogP) is 4.40. The van der Waals surface area contributed by atoms with E-state index in [1.165, 1.54) is 11.3 Å². The lowest BCUT2D eigenvalue weighted by molar-refractivity contribution is -0.115. The Morgan fingerprint density at radius 3 is 2.86 bits per heavy atom. The van der Waals surface area contributed by atoms with Gasteiger partial charge in [0.2, 0.25) is 16.8 Å². The molecule has 0 aliphatic heterocycles. The third-order valence-electron chi connectivity index (χ3n) is 4.72. The molecule has 5 rings (SSSR count). The van der Waals surface area contributed by atoms with E-state index in [0.29, 0.717) is 11.3 Å². The second-order valence-electron chi connectivity index (χ2n) is 6.93.